The van der Waals surface area contributed by atoms with Crippen LogP contribution in [-0.2, 0) is 4.79 Å². The van der Waals surface area contributed by atoms with Gasteiger partial charge in [-0.25, -0.2) is 0 Å². The number of aromatic amines is 1. The summed E-state index contributed by atoms with van der Waals surface area (Å²) in [7, 11) is 0. The van der Waals surface area contributed by atoms with Crippen molar-refractivity contribution in [3.05, 3.63) is 59.9 Å². The number of rotatable bonds is 3. The molecule has 5 nitrogen and oxygen atoms in total. The van der Waals surface area contributed by atoms with Gasteiger partial charge in [-0.15, -0.1) is 0 Å². The van der Waals surface area contributed by atoms with E-state index in [1.165, 1.54) is 0 Å². The van der Waals surface area contributed by atoms with E-state index in [9.17, 15) is 4.79 Å². The van der Waals surface area contributed by atoms with Gasteiger partial charge in [0.15, 0.2) is 5.82 Å². The van der Waals surface area contributed by atoms with E-state index in [-0.39, 0.29) is 12.5 Å². The van der Waals surface area contributed by atoms with Crippen LogP contribution in [-0.4, -0.2) is 27.5 Å². The standard InChI is InChI=1S/C15H13ClN4O/c16-11-5-6-12-13(9-11)18-19-15(12)17-14(21)10-20-7-3-1-2-4-8-20/h1-9H,10H2,(H2,17,18,19,21). The van der Waals surface area contributed by atoms with Gasteiger partial charge < -0.3 is 10.2 Å². The fourth-order valence-corrected chi connectivity index (χ4v) is 2.20. The predicted molar refractivity (Wildman–Crippen MR) is 83.9 cm³/mol. The van der Waals surface area contributed by atoms with Crippen molar-refractivity contribution in [2.75, 3.05) is 11.9 Å². The largest absolute Gasteiger partial charge is 0.345 e. The molecule has 0 aliphatic carbocycles. The van der Waals surface area contributed by atoms with Crippen LogP contribution >= 0.6 is 11.6 Å². The minimum Gasteiger partial charge on any atom is -0.345 e. The van der Waals surface area contributed by atoms with Crippen LogP contribution in [0, 0.1) is 0 Å². The Kier molecular flexibility index (Phi) is 3.75. The Hall–Kier alpha value is -2.53. The van der Waals surface area contributed by atoms with Gasteiger partial charge in [-0.05, 0) is 30.4 Å². The number of nitrogens with one attached hydrogen (secondary N) is 2. The first kappa shape index (κ1) is 13.5. The molecule has 3 rings (SSSR count). The summed E-state index contributed by atoms with van der Waals surface area (Å²) in [6, 6.07) is 5.36. The quantitative estimate of drug-likeness (QED) is 0.916. The number of fused-ring (bicyclic) bond motifs is 1. The van der Waals surface area contributed by atoms with Gasteiger partial charge in [-0.3, -0.25) is 9.89 Å². The second kappa shape index (κ2) is 5.85. The van der Waals surface area contributed by atoms with E-state index in [1.807, 2.05) is 42.8 Å². The van der Waals surface area contributed by atoms with Crippen molar-refractivity contribution in [1.82, 2.24) is 15.1 Å². The van der Waals surface area contributed by atoms with Gasteiger partial charge in [0.05, 0.1) is 5.52 Å². The molecule has 21 heavy (non-hydrogen) atoms. The highest BCUT2D eigenvalue weighted by Gasteiger charge is 2.11. The summed E-state index contributed by atoms with van der Waals surface area (Å²) >= 11 is 5.92. The fourth-order valence-electron chi connectivity index (χ4n) is 2.03. The number of hydrogen-bond donors (Lipinski definition) is 2. The number of allylic oxidation sites excluding steroid dienone is 4. The number of H-pyrrole nitrogens is 1. The Bertz CT molecular complexity index is 744. The fraction of sp³-hybridized carbons (Fsp3) is 0.0667. The summed E-state index contributed by atoms with van der Waals surface area (Å²) in [4.78, 5) is 13.9. The number of hydrogen-bond acceptors (Lipinski definition) is 3. The third-order valence-corrected chi connectivity index (χ3v) is 3.23. The molecule has 0 saturated heterocycles. The second-order valence-corrected chi connectivity index (χ2v) is 4.99. The lowest BCUT2D eigenvalue weighted by atomic mass is 10.2. The van der Waals surface area contributed by atoms with Gasteiger partial charge in [-0.1, -0.05) is 23.8 Å². The number of nitrogens with zero attached hydrogens (tertiary/aromatic N) is 2. The van der Waals surface area contributed by atoms with E-state index >= 15 is 0 Å². The summed E-state index contributed by atoms with van der Waals surface area (Å²) < 4.78 is 0. The zero-order valence-electron chi connectivity index (χ0n) is 11.1. The molecular formula is C15H13ClN4O. The molecular weight excluding hydrogens is 288 g/mol. The van der Waals surface area contributed by atoms with Crippen molar-refractivity contribution in [3.8, 4) is 0 Å². The van der Waals surface area contributed by atoms with Crippen LogP contribution in [0.3, 0.4) is 0 Å². The molecule has 0 saturated carbocycles. The van der Waals surface area contributed by atoms with E-state index in [0.29, 0.717) is 10.8 Å². The molecule has 0 radical (unpaired) electrons. The average molecular weight is 301 g/mol. The summed E-state index contributed by atoms with van der Waals surface area (Å²) in [5.74, 6) is 0.363. The number of carbonyl (C=O) groups excluding carboxylic acids is 1. The maximum absolute atomic E-state index is 12.1. The molecule has 1 amide bonds. The van der Waals surface area contributed by atoms with Crippen LogP contribution in [0.15, 0.2) is 54.9 Å². The average Bonchev–Trinajstić information content (AvgIpc) is 2.68. The molecule has 6 heteroatoms. The monoisotopic (exact) mass is 300 g/mol. The number of carbonyl (C=O) groups is 1. The maximum Gasteiger partial charge on any atom is 0.245 e. The molecule has 1 aliphatic rings. The first-order valence-electron chi connectivity index (χ1n) is 6.43. The SMILES string of the molecule is O=C(CN1C=CC=CC=C1)Nc1n[nH]c2cc(Cl)ccc12. The summed E-state index contributed by atoms with van der Waals surface area (Å²) in [6.07, 6.45) is 11.2. The first-order valence-corrected chi connectivity index (χ1v) is 6.81. The molecule has 2 N–H and O–H groups in total. The third kappa shape index (κ3) is 3.14. The van der Waals surface area contributed by atoms with Gasteiger partial charge in [0.1, 0.15) is 6.54 Å². The minimum absolute atomic E-state index is 0.144. The van der Waals surface area contributed by atoms with E-state index in [1.54, 1.807) is 17.0 Å². The highest BCUT2D eigenvalue weighted by molar-refractivity contribution is 6.31. The number of amides is 1. The van der Waals surface area contributed by atoms with Crippen molar-refractivity contribution >= 4 is 34.2 Å². The van der Waals surface area contributed by atoms with E-state index in [2.05, 4.69) is 15.5 Å². The number of benzene rings is 1. The lowest BCUT2D eigenvalue weighted by Crippen LogP contribution is -2.26. The van der Waals surface area contributed by atoms with Crippen LogP contribution in [0.1, 0.15) is 0 Å². The number of aromatic nitrogens is 2. The maximum atomic E-state index is 12.1. The zero-order chi connectivity index (χ0) is 14.7. The van der Waals surface area contributed by atoms with Gasteiger partial charge in [0, 0.05) is 22.8 Å². The predicted octanol–water partition coefficient (Wildman–Crippen LogP) is 3.05. The second-order valence-electron chi connectivity index (χ2n) is 4.55. The Morgan fingerprint density at radius 1 is 1.24 bits per heavy atom. The van der Waals surface area contributed by atoms with Crippen LogP contribution in [0.4, 0.5) is 5.82 Å². The van der Waals surface area contributed by atoms with Crippen molar-refractivity contribution in [3.63, 3.8) is 0 Å². The summed E-state index contributed by atoms with van der Waals surface area (Å²) in [6.45, 7) is 0.219. The van der Waals surface area contributed by atoms with Gasteiger partial charge >= 0.3 is 0 Å². The Balaban J connectivity index is 1.71. The first-order chi connectivity index (χ1) is 10.2. The molecule has 1 aliphatic heterocycles. The van der Waals surface area contributed by atoms with E-state index < -0.39 is 0 Å². The van der Waals surface area contributed by atoms with Gasteiger partial charge in [0.25, 0.3) is 0 Å². The molecule has 0 unspecified atom stereocenters. The lowest BCUT2D eigenvalue weighted by Gasteiger charge is -2.13. The number of anilines is 1. The molecule has 1 aromatic heterocycles. The van der Waals surface area contributed by atoms with E-state index in [0.717, 1.165) is 10.9 Å². The Labute approximate surface area is 126 Å². The van der Waals surface area contributed by atoms with Crippen LogP contribution < -0.4 is 5.32 Å². The molecule has 0 atom stereocenters. The van der Waals surface area contributed by atoms with E-state index in [4.69, 9.17) is 11.6 Å². The highest BCUT2D eigenvalue weighted by Crippen LogP contribution is 2.23. The molecule has 0 fully saturated rings. The third-order valence-electron chi connectivity index (χ3n) is 3.00. The lowest BCUT2D eigenvalue weighted by molar-refractivity contribution is -0.116. The van der Waals surface area contributed by atoms with Crippen LogP contribution in [0.2, 0.25) is 5.02 Å². The molecule has 106 valence electrons. The minimum atomic E-state index is -0.144. The van der Waals surface area contributed by atoms with Crippen molar-refractivity contribution < 1.29 is 4.79 Å². The van der Waals surface area contributed by atoms with Crippen LogP contribution in [0.25, 0.3) is 10.9 Å². The summed E-state index contributed by atoms with van der Waals surface area (Å²) in [5.41, 5.74) is 0.788. The molecule has 0 spiro atoms. The van der Waals surface area contributed by atoms with Crippen molar-refractivity contribution in [1.29, 1.82) is 0 Å². The number of halogens is 1. The highest BCUT2D eigenvalue weighted by atomic mass is 35.5. The van der Waals surface area contributed by atoms with Crippen molar-refractivity contribution in [2.24, 2.45) is 0 Å². The van der Waals surface area contributed by atoms with Gasteiger partial charge in [0.2, 0.25) is 5.91 Å². The van der Waals surface area contributed by atoms with Gasteiger partial charge in [-0.2, -0.15) is 5.10 Å². The smallest absolute Gasteiger partial charge is 0.245 e. The topological polar surface area (TPSA) is 61.0 Å². The summed E-state index contributed by atoms with van der Waals surface area (Å²) in [5, 5.41) is 11.2. The Morgan fingerprint density at radius 2 is 2.00 bits per heavy atom. The zero-order valence-corrected chi connectivity index (χ0v) is 11.8. The Morgan fingerprint density at radius 3 is 2.76 bits per heavy atom. The molecule has 0 bridgehead atoms. The molecule has 2 aromatic rings. The molecule has 1 aromatic carbocycles. The normalized spacial score (nSPS) is 13.7. The van der Waals surface area contributed by atoms with Crippen LogP contribution in [0.5, 0.6) is 0 Å². The van der Waals surface area contributed by atoms with Crippen molar-refractivity contribution in [2.45, 2.75) is 0 Å². The molecule has 2 heterocycles.